The van der Waals surface area contributed by atoms with Crippen molar-refractivity contribution in [2.75, 3.05) is 14.2 Å². The van der Waals surface area contributed by atoms with Gasteiger partial charge in [-0.3, -0.25) is 4.79 Å². The average Bonchev–Trinajstić information content (AvgIpc) is 3.15. The number of fused-ring (bicyclic) bond motifs is 7. The highest BCUT2D eigenvalue weighted by Gasteiger charge is 2.38. The number of ether oxygens (including phenoxy) is 3. The fraction of sp³-hybridized carbons (Fsp3) is 0.303. The van der Waals surface area contributed by atoms with Crippen LogP contribution in [0.4, 0.5) is 0 Å². The molecule has 1 amide bonds. The molecule has 2 unspecified atom stereocenters. The highest BCUT2D eigenvalue weighted by Crippen LogP contribution is 2.43. The molecule has 2 atom stereocenters. The Hall–Kier alpha value is -4.43. The van der Waals surface area contributed by atoms with Crippen LogP contribution in [0.5, 0.6) is 17.2 Å². The van der Waals surface area contributed by atoms with Crippen LogP contribution < -0.4 is 19.5 Å². The Balaban J connectivity index is 1.36. The number of benzene rings is 3. The second-order valence-corrected chi connectivity index (χ2v) is 11.3. The summed E-state index contributed by atoms with van der Waals surface area (Å²) in [5.41, 5.74) is 2.79. The van der Waals surface area contributed by atoms with E-state index in [1.807, 2.05) is 81.5 Å². The summed E-state index contributed by atoms with van der Waals surface area (Å²) in [4.78, 5) is 23.5. The van der Waals surface area contributed by atoms with E-state index >= 15 is 0 Å². The predicted molar refractivity (Wildman–Crippen MR) is 159 cm³/mol. The number of aromatic nitrogens is 2. The standard InChI is InChI=1S/C33H33N3O5/c1-32(2)27(37)17-23-29-28(21-8-6-7-9-22(21)30(23)41-32)35-24-12-14-33(3,15-13-25(24)36-29)31(38)34-18-19-10-11-20(39-4)16-26(19)40-5/h6-16,27,37H,17-18H2,1-5H3,(H,34,38). The average molecular weight is 552 g/mol. The number of nitrogens with one attached hydrogen (secondary N) is 1. The summed E-state index contributed by atoms with van der Waals surface area (Å²) in [6.07, 6.45) is 7.13. The normalized spacial score (nSPS) is 20.6. The lowest BCUT2D eigenvalue weighted by molar-refractivity contribution is -0.126. The van der Waals surface area contributed by atoms with E-state index in [0.717, 1.165) is 33.2 Å². The van der Waals surface area contributed by atoms with Crippen LogP contribution >= 0.6 is 0 Å². The maximum Gasteiger partial charge on any atom is 0.233 e. The molecule has 8 nitrogen and oxygen atoms in total. The van der Waals surface area contributed by atoms with Gasteiger partial charge in [0.25, 0.3) is 0 Å². The van der Waals surface area contributed by atoms with Gasteiger partial charge in [-0.15, -0.1) is 0 Å². The van der Waals surface area contributed by atoms with Gasteiger partial charge in [0.15, 0.2) is 0 Å². The Labute approximate surface area is 238 Å². The number of rotatable bonds is 5. The molecule has 0 saturated carbocycles. The van der Waals surface area contributed by atoms with Gasteiger partial charge in [0, 0.05) is 40.9 Å². The Morgan fingerprint density at radius 1 is 1.00 bits per heavy atom. The van der Waals surface area contributed by atoms with Gasteiger partial charge in [-0.05, 0) is 45.1 Å². The number of aliphatic hydroxyl groups excluding tert-OH is 1. The summed E-state index contributed by atoms with van der Waals surface area (Å²) in [6, 6.07) is 13.5. The first-order valence-electron chi connectivity index (χ1n) is 13.6. The second kappa shape index (κ2) is 9.89. The van der Waals surface area contributed by atoms with Crippen LogP contribution in [0.2, 0.25) is 0 Å². The van der Waals surface area contributed by atoms with Crippen molar-refractivity contribution in [3.63, 3.8) is 0 Å². The van der Waals surface area contributed by atoms with Crippen LogP contribution in [0, 0.1) is 5.41 Å². The number of hydrogen-bond acceptors (Lipinski definition) is 7. The zero-order valence-corrected chi connectivity index (χ0v) is 23.8. The van der Waals surface area contributed by atoms with Gasteiger partial charge in [0.05, 0.1) is 48.2 Å². The predicted octanol–water partition coefficient (Wildman–Crippen LogP) is 5.24. The van der Waals surface area contributed by atoms with Crippen LogP contribution in [0.3, 0.4) is 0 Å². The molecule has 1 aromatic heterocycles. The smallest absolute Gasteiger partial charge is 0.233 e. The molecule has 210 valence electrons. The van der Waals surface area contributed by atoms with Crippen LogP contribution in [0.15, 0.2) is 54.6 Å². The van der Waals surface area contributed by atoms with E-state index in [9.17, 15) is 9.90 Å². The van der Waals surface area contributed by atoms with Gasteiger partial charge in [-0.25, -0.2) is 9.97 Å². The Morgan fingerprint density at radius 3 is 2.37 bits per heavy atom. The van der Waals surface area contributed by atoms with E-state index in [0.29, 0.717) is 41.4 Å². The highest BCUT2D eigenvalue weighted by molar-refractivity contribution is 6.09. The number of methoxy groups -OCH3 is 2. The SMILES string of the molecule is COc1ccc(CNC(=O)C2(C)C=Cc3nc4c5c(c6ccccc6c4nc3C=C2)OC(C)(C)C(O)C5)c(OC)c1. The van der Waals surface area contributed by atoms with Crippen molar-refractivity contribution < 1.29 is 24.1 Å². The van der Waals surface area contributed by atoms with Crippen molar-refractivity contribution in [1.29, 1.82) is 0 Å². The van der Waals surface area contributed by atoms with E-state index in [4.69, 9.17) is 24.2 Å². The number of amides is 1. The van der Waals surface area contributed by atoms with E-state index in [2.05, 4.69) is 5.32 Å². The van der Waals surface area contributed by atoms with Crippen LogP contribution in [0.1, 0.15) is 43.3 Å². The minimum absolute atomic E-state index is 0.165. The number of aliphatic hydroxyl groups is 1. The van der Waals surface area contributed by atoms with Crippen molar-refractivity contribution in [3.05, 3.63) is 77.1 Å². The number of nitrogens with zero attached hydrogens (tertiary/aromatic N) is 2. The molecule has 1 aliphatic carbocycles. The molecular formula is C33H33N3O5. The zero-order valence-electron chi connectivity index (χ0n) is 23.8. The zero-order chi connectivity index (χ0) is 28.9. The Morgan fingerprint density at radius 2 is 1.68 bits per heavy atom. The van der Waals surface area contributed by atoms with Crippen LogP contribution in [-0.2, 0) is 17.8 Å². The minimum atomic E-state index is -0.931. The molecule has 0 bridgehead atoms. The lowest BCUT2D eigenvalue weighted by atomic mass is 9.88. The maximum atomic E-state index is 13.5. The summed E-state index contributed by atoms with van der Waals surface area (Å²) < 4.78 is 17.1. The van der Waals surface area contributed by atoms with Gasteiger partial charge >= 0.3 is 0 Å². The molecule has 0 spiro atoms. The molecule has 0 fully saturated rings. The highest BCUT2D eigenvalue weighted by atomic mass is 16.5. The van der Waals surface area contributed by atoms with Gasteiger partial charge < -0.3 is 24.6 Å². The van der Waals surface area contributed by atoms with Crippen molar-refractivity contribution in [2.45, 2.75) is 45.4 Å². The van der Waals surface area contributed by atoms with Crippen LogP contribution in [-0.4, -0.2) is 46.9 Å². The second-order valence-electron chi connectivity index (χ2n) is 11.3. The largest absolute Gasteiger partial charge is 0.497 e. The third kappa shape index (κ3) is 4.58. The lowest BCUT2D eigenvalue weighted by Crippen LogP contribution is -2.46. The van der Waals surface area contributed by atoms with Crippen LogP contribution in [0.25, 0.3) is 34.0 Å². The summed E-state index contributed by atoms with van der Waals surface area (Å²) in [5, 5.41) is 15.8. The fourth-order valence-electron chi connectivity index (χ4n) is 5.41. The fourth-order valence-corrected chi connectivity index (χ4v) is 5.41. The molecule has 6 rings (SSSR count). The third-order valence-electron chi connectivity index (χ3n) is 8.10. The summed E-state index contributed by atoms with van der Waals surface area (Å²) >= 11 is 0. The van der Waals surface area contributed by atoms with E-state index in [1.54, 1.807) is 20.3 Å². The Bertz CT molecular complexity index is 1760. The molecular weight excluding hydrogens is 518 g/mol. The first-order valence-corrected chi connectivity index (χ1v) is 13.6. The molecule has 2 aliphatic rings. The van der Waals surface area contributed by atoms with Crippen molar-refractivity contribution in [3.8, 4) is 17.2 Å². The van der Waals surface area contributed by atoms with Gasteiger partial charge in [0.2, 0.25) is 5.91 Å². The summed E-state index contributed by atoms with van der Waals surface area (Å²) in [5.74, 6) is 1.90. The monoisotopic (exact) mass is 551 g/mol. The van der Waals surface area contributed by atoms with Gasteiger partial charge in [-0.1, -0.05) is 36.4 Å². The lowest BCUT2D eigenvalue weighted by Gasteiger charge is -2.38. The van der Waals surface area contributed by atoms with E-state index in [-0.39, 0.29) is 5.91 Å². The molecule has 2 N–H and O–H groups in total. The number of carbonyl (C=O) groups excluding carboxylic acids is 1. The van der Waals surface area contributed by atoms with Crippen molar-refractivity contribution in [2.24, 2.45) is 5.41 Å². The molecule has 1 aliphatic heterocycles. The minimum Gasteiger partial charge on any atom is -0.497 e. The first-order chi connectivity index (χ1) is 19.6. The summed E-state index contributed by atoms with van der Waals surface area (Å²) in [6.45, 7) is 5.95. The number of hydrogen-bond donors (Lipinski definition) is 2. The van der Waals surface area contributed by atoms with Crippen molar-refractivity contribution >= 4 is 39.9 Å². The topological polar surface area (TPSA) is 103 Å². The molecule has 3 aromatic carbocycles. The van der Waals surface area contributed by atoms with Gasteiger partial charge in [0.1, 0.15) is 22.8 Å². The molecule has 4 aromatic rings. The van der Waals surface area contributed by atoms with E-state index in [1.165, 1.54) is 0 Å². The third-order valence-corrected chi connectivity index (χ3v) is 8.10. The molecule has 0 radical (unpaired) electrons. The quantitative estimate of drug-likeness (QED) is 0.327. The Kier molecular flexibility index (Phi) is 6.46. The van der Waals surface area contributed by atoms with E-state index < -0.39 is 17.1 Å². The molecule has 8 heteroatoms. The molecule has 41 heavy (non-hydrogen) atoms. The first kappa shape index (κ1) is 26.8. The number of carbonyl (C=O) groups is 1. The maximum absolute atomic E-state index is 13.5. The van der Waals surface area contributed by atoms with Gasteiger partial charge in [-0.2, -0.15) is 0 Å². The molecule has 0 saturated heterocycles. The summed E-state index contributed by atoms with van der Waals surface area (Å²) in [7, 11) is 3.19. The molecule has 2 heterocycles. The van der Waals surface area contributed by atoms with Crippen molar-refractivity contribution in [1.82, 2.24) is 15.3 Å².